The van der Waals surface area contributed by atoms with Crippen molar-refractivity contribution in [2.24, 2.45) is 15.2 Å². The first-order chi connectivity index (χ1) is 12.0. The van der Waals surface area contributed by atoms with Crippen LogP contribution in [0, 0.1) is 0 Å². The molecule has 25 heavy (non-hydrogen) atoms. The standard InChI is InChI=1S/C16H18N4O4S/c1-2-10-4-3-5-11(8-10)17-13(21)9-25-16-18-15(24)12(19-20-16)6-7-14(22)23/h3-5,8,12H,2,6-7,9H2,1H3,(H,17,21)(H,22,23). The van der Waals surface area contributed by atoms with Crippen LogP contribution in [0.15, 0.2) is 39.5 Å². The normalized spacial score (nSPS) is 16.4. The lowest BCUT2D eigenvalue weighted by atomic mass is 10.1. The summed E-state index contributed by atoms with van der Waals surface area (Å²) in [5.41, 5.74) is 1.83. The molecule has 1 unspecified atom stereocenters. The van der Waals surface area contributed by atoms with E-state index in [1.807, 2.05) is 25.1 Å². The molecule has 2 rings (SSSR count). The molecule has 1 aliphatic rings. The van der Waals surface area contributed by atoms with Crippen LogP contribution in [0.1, 0.15) is 25.3 Å². The summed E-state index contributed by atoms with van der Waals surface area (Å²) in [7, 11) is 0. The van der Waals surface area contributed by atoms with Gasteiger partial charge < -0.3 is 10.4 Å². The predicted molar refractivity (Wildman–Crippen MR) is 94.9 cm³/mol. The first kappa shape index (κ1) is 18.8. The number of carbonyl (C=O) groups excluding carboxylic acids is 2. The largest absolute Gasteiger partial charge is 0.481 e. The fourth-order valence-electron chi connectivity index (χ4n) is 2.06. The molecule has 0 fully saturated rings. The maximum Gasteiger partial charge on any atom is 0.303 e. The molecule has 1 heterocycles. The van der Waals surface area contributed by atoms with Crippen molar-refractivity contribution >= 4 is 40.4 Å². The minimum absolute atomic E-state index is 0.0429. The molecule has 1 aromatic carbocycles. The van der Waals surface area contributed by atoms with Crippen molar-refractivity contribution in [1.82, 2.24) is 0 Å². The zero-order valence-corrected chi connectivity index (χ0v) is 14.5. The molecule has 0 aliphatic carbocycles. The van der Waals surface area contributed by atoms with E-state index in [4.69, 9.17) is 5.11 Å². The number of aliphatic carboxylic acids is 1. The van der Waals surface area contributed by atoms with Gasteiger partial charge in [0.05, 0.1) is 5.75 Å². The second kappa shape index (κ2) is 9.07. The summed E-state index contributed by atoms with van der Waals surface area (Å²) in [6.45, 7) is 2.03. The van der Waals surface area contributed by atoms with E-state index in [2.05, 4.69) is 20.5 Å². The van der Waals surface area contributed by atoms with Crippen molar-refractivity contribution < 1.29 is 19.5 Å². The Morgan fingerprint density at radius 2 is 2.16 bits per heavy atom. The zero-order chi connectivity index (χ0) is 18.2. The van der Waals surface area contributed by atoms with E-state index < -0.39 is 17.9 Å². The Bertz CT molecular complexity index is 733. The van der Waals surface area contributed by atoms with Crippen LogP contribution < -0.4 is 5.32 Å². The van der Waals surface area contributed by atoms with Crippen LogP contribution in [0.25, 0.3) is 0 Å². The number of azo groups is 1. The van der Waals surface area contributed by atoms with Crippen LogP contribution in [0.4, 0.5) is 5.69 Å². The van der Waals surface area contributed by atoms with Crippen LogP contribution in [-0.2, 0) is 20.8 Å². The Morgan fingerprint density at radius 1 is 1.36 bits per heavy atom. The molecule has 132 valence electrons. The third kappa shape index (κ3) is 6.11. The second-order valence-corrected chi connectivity index (χ2v) is 6.23. The smallest absolute Gasteiger partial charge is 0.303 e. The second-order valence-electron chi connectivity index (χ2n) is 5.29. The number of hydrogen-bond acceptors (Lipinski definition) is 6. The number of aryl methyl sites for hydroxylation is 1. The highest BCUT2D eigenvalue weighted by atomic mass is 32.2. The topological polar surface area (TPSA) is 121 Å². The lowest BCUT2D eigenvalue weighted by Crippen LogP contribution is -2.22. The number of rotatable bonds is 7. The van der Waals surface area contributed by atoms with E-state index >= 15 is 0 Å². The van der Waals surface area contributed by atoms with Crippen molar-refractivity contribution in [3.8, 4) is 0 Å². The number of amides is 2. The Hall–Kier alpha value is -2.55. The highest BCUT2D eigenvalue weighted by molar-refractivity contribution is 8.14. The molecule has 0 saturated carbocycles. The summed E-state index contributed by atoms with van der Waals surface area (Å²) in [4.78, 5) is 38.0. The molecule has 2 N–H and O–H groups in total. The molecule has 2 amide bonds. The Morgan fingerprint density at radius 3 is 2.84 bits per heavy atom. The van der Waals surface area contributed by atoms with Gasteiger partial charge in [-0.05, 0) is 30.5 Å². The molecule has 0 radical (unpaired) electrons. The number of nitrogens with one attached hydrogen (secondary N) is 1. The Kier molecular flexibility index (Phi) is 6.81. The molecule has 9 heteroatoms. The van der Waals surface area contributed by atoms with Crippen molar-refractivity contribution in [3.05, 3.63) is 29.8 Å². The maximum atomic E-state index is 12.0. The van der Waals surface area contributed by atoms with Gasteiger partial charge in [0.1, 0.15) is 0 Å². The number of carboxylic acids is 1. The van der Waals surface area contributed by atoms with Crippen LogP contribution in [-0.4, -0.2) is 39.9 Å². The maximum absolute atomic E-state index is 12.0. The Labute approximate surface area is 148 Å². The average Bonchev–Trinajstić information content (AvgIpc) is 2.59. The van der Waals surface area contributed by atoms with Gasteiger partial charge in [-0.15, -0.1) is 5.11 Å². The number of hydrogen-bond donors (Lipinski definition) is 2. The number of anilines is 1. The Balaban J connectivity index is 1.82. The molecular formula is C16H18N4O4S. The van der Waals surface area contributed by atoms with Gasteiger partial charge in [-0.3, -0.25) is 14.4 Å². The highest BCUT2D eigenvalue weighted by Crippen LogP contribution is 2.17. The first-order valence-corrected chi connectivity index (χ1v) is 8.73. The number of aliphatic imine (C=N–C) groups is 1. The summed E-state index contributed by atoms with van der Waals surface area (Å²) in [6, 6.07) is 6.70. The van der Waals surface area contributed by atoms with E-state index in [9.17, 15) is 14.4 Å². The molecule has 1 aromatic rings. The van der Waals surface area contributed by atoms with E-state index in [-0.39, 0.29) is 29.7 Å². The monoisotopic (exact) mass is 362 g/mol. The van der Waals surface area contributed by atoms with Crippen LogP contribution >= 0.6 is 11.8 Å². The van der Waals surface area contributed by atoms with Gasteiger partial charge in [0.25, 0.3) is 5.91 Å². The summed E-state index contributed by atoms with van der Waals surface area (Å²) in [6.07, 6.45) is 0.765. The first-order valence-electron chi connectivity index (χ1n) is 7.74. The van der Waals surface area contributed by atoms with E-state index in [0.29, 0.717) is 5.69 Å². The molecule has 0 aromatic heterocycles. The quantitative estimate of drug-likeness (QED) is 0.772. The molecule has 0 bridgehead atoms. The summed E-state index contributed by atoms with van der Waals surface area (Å²) >= 11 is 1.01. The van der Waals surface area contributed by atoms with E-state index in [1.54, 1.807) is 6.07 Å². The fourth-order valence-corrected chi connectivity index (χ4v) is 2.65. The number of carbonyl (C=O) groups is 3. The SMILES string of the molecule is CCc1cccc(NC(=O)CSC2=NC(=O)C(CCC(=O)O)N=N2)c1. The van der Waals surface area contributed by atoms with Crippen molar-refractivity contribution in [2.75, 3.05) is 11.1 Å². The van der Waals surface area contributed by atoms with Crippen LogP contribution in [0.2, 0.25) is 0 Å². The molecule has 1 atom stereocenters. The number of thioether (sulfide) groups is 1. The van der Waals surface area contributed by atoms with Gasteiger partial charge in [-0.1, -0.05) is 30.8 Å². The van der Waals surface area contributed by atoms with Crippen molar-refractivity contribution in [2.45, 2.75) is 32.2 Å². The summed E-state index contributed by atoms with van der Waals surface area (Å²) < 4.78 is 0. The zero-order valence-electron chi connectivity index (χ0n) is 13.6. The minimum atomic E-state index is -1.00. The van der Waals surface area contributed by atoms with Gasteiger partial charge in [-0.2, -0.15) is 10.1 Å². The summed E-state index contributed by atoms with van der Waals surface area (Å²) in [5, 5.41) is 19.1. The average molecular weight is 362 g/mol. The molecule has 8 nitrogen and oxygen atoms in total. The van der Waals surface area contributed by atoms with Crippen molar-refractivity contribution in [1.29, 1.82) is 0 Å². The predicted octanol–water partition coefficient (Wildman–Crippen LogP) is 2.50. The molecule has 0 saturated heterocycles. The number of nitrogens with zero attached hydrogens (tertiary/aromatic N) is 3. The van der Waals surface area contributed by atoms with E-state index in [1.165, 1.54) is 0 Å². The van der Waals surface area contributed by atoms with Crippen LogP contribution in [0.3, 0.4) is 0 Å². The van der Waals surface area contributed by atoms with Gasteiger partial charge >= 0.3 is 5.97 Å². The number of benzene rings is 1. The lowest BCUT2D eigenvalue weighted by molar-refractivity contribution is -0.137. The number of amidine groups is 1. The van der Waals surface area contributed by atoms with Gasteiger partial charge in [-0.25, -0.2) is 0 Å². The van der Waals surface area contributed by atoms with E-state index in [0.717, 1.165) is 23.7 Å². The number of carboxylic acid groups (broad SMARTS) is 1. The third-order valence-electron chi connectivity index (χ3n) is 3.36. The van der Waals surface area contributed by atoms with Crippen LogP contribution in [0.5, 0.6) is 0 Å². The minimum Gasteiger partial charge on any atom is -0.481 e. The molecular weight excluding hydrogens is 344 g/mol. The van der Waals surface area contributed by atoms with Gasteiger partial charge in [0.2, 0.25) is 11.1 Å². The fraction of sp³-hybridized carbons (Fsp3) is 0.375. The van der Waals surface area contributed by atoms with Crippen molar-refractivity contribution in [3.63, 3.8) is 0 Å². The lowest BCUT2D eigenvalue weighted by Gasteiger charge is -2.11. The van der Waals surface area contributed by atoms with Gasteiger partial charge in [0.15, 0.2) is 6.04 Å². The molecule has 0 spiro atoms. The van der Waals surface area contributed by atoms with Gasteiger partial charge in [0, 0.05) is 12.1 Å². The summed E-state index contributed by atoms with van der Waals surface area (Å²) in [5.74, 6) is -1.73. The third-order valence-corrected chi connectivity index (χ3v) is 4.19. The highest BCUT2D eigenvalue weighted by Gasteiger charge is 2.23. The molecule has 1 aliphatic heterocycles.